The van der Waals surface area contributed by atoms with Gasteiger partial charge in [-0.25, -0.2) is 4.79 Å². The van der Waals surface area contributed by atoms with Gasteiger partial charge in [0.1, 0.15) is 5.92 Å². The summed E-state index contributed by atoms with van der Waals surface area (Å²) in [6.07, 6.45) is 0. The number of rotatable bonds is 5. The van der Waals surface area contributed by atoms with E-state index in [1.54, 1.807) is 39.0 Å². The van der Waals surface area contributed by atoms with E-state index in [1.807, 2.05) is 0 Å². The van der Waals surface area contributed by atoms with E-state index in [-0.39, 0.29) is 13.2 Å². The second-order valence-corrected chi connectivity index (χ2v) is 6.63. The molecule has 26 heavy (non-hydrogen) atoms. The van der Waals surface area contributed by atoms with Gasteiger partial charge in [-0.15, -0.1) is 0 Å². The molecule has 2 rings (SSSR count). The van der Waals surface area contributed by atoms with Gasteiger partial charge in [-0.2, -0.15) is 0 Å². The van der Waals surface area contributed by atoms with Crippen LogP contribution in [0, 0.1) is 5.92 Å². The van der Waals surface area contributed by atoms with Gasteiger partial charge in [0.25, 0.3) is 0 Å². The fourth-order valence-electron chi connectivity index (χ4n) is 3.08. The second kappa shape index (κ2) is 8.60. The van der Waals surface area contributed by atoms with Crippen molar-refractivity contribution in [3.05, 3.63) is 57.4 Å². The molecular weight excluding hydrogens is 377 g/mol. The third-order valence-corrected chi connectivity index (χ3v) is 4.67. The van der Waals surface area contributed by atoms with Crippen molar-refractivity contribution in [1.82, 2.24) is 5.32 Å². The zero-order valence-corrected chi connectivity index (χ0v) is 16.4. The van der Waals surface area contributed by atoms with Crippen LogP contribution in [0.2, 0.25) is 10.0 Å². The first kappa shape index (κ1) is 20.3. The molecule has 0 radical (unpaired) electrons. The molecule has 5 nitrogen and oxygen atoms in total. The van der Waals surface area contributed by atoms with Crippen molar-refractivity contribution in [2.24, 2.45) is 5.92 Å². The van der Waals surface area contributed by atoms with E-state index in [2.05, 4.69) is 11.9 Å². The van der Waals surface area contributed by atoms with Crippen LogP contribution in [0.3, 0.4) is 0 Å². The summed E-state index contributed by atoms with van der Waals surface area (Å²) in [5.41, 5.74) is 1.90. The molecule has 1 aliphatic rings. The molecule has 0 aliphatic carbocycles. The Balaban J connectivity index is 2.67. The van der Waals surface area contributed by atoms with Crippen LogP contribution in [0.5, 0.6) is 0 Å². The predicted octanol–water partition coefficient (Wildman–Crippen LogP) is 4.21. The zero-order chi connectivity index (χ0) is 19.4. The average molecular weight is 398 g/mol. The molecule has 2 unspecified atom stereocenters. The van der Waals surface area contributed by atoms with E-state index >= 15 is 0 Å². The number of benzene rings is 1. The van der Waals surface area contributed by atoms with E-state index in [9.17, 15) is 9.59 Å². The maximum atomic E-state index is 12.6. The molecule has 2 atom stereocenters. The highest BCUT2D eigenvalue weighted by atomic mass is 35.5. The highest BCUT2D eigenvalue weighted by molar-refractivity contribution is 6.35. The first-order chi connectivity index (χ1) is 12.3. The number of ether oxygens (including phenoxy) is 2. The van der Waals surface area contributed by atoms with E-state index in [0.717, 1.165) is 0 Å². The minimum absolute atomic E-state index is 0.209. The van der Waals surface area contributed by atoms with Crippen LogP contribution >= 0.6 is 23.2 Å². The number of hydrogen-bond donors (Lipinski definition) is 1. The van der Waals surface area contributed by atoms with E-state index in [1.165, 1.54) is 0 Å². The minimum atomic E-state index is -0.822. The van der Waals surface area contributed by atoms with Gasteiger partial charge in [-0.1, -0.05) is 35.8 Å². The molecule has 0 bridgehead atoms. The van der Waals surface area contributed by atoms with Crippen LogP contribution in [-0.2, 0) is 19.1 Å². The van der Waals surface area contributed by atoms with Gasteiger partial charge < -0.3 is 14.8 Å². The number of halogens is 2. The molecule has 0 amide bonds. The van der Waals surface area contributed by atoms with E-state index in [4.69, 9.17) is 32.7 Å². The predicted molar refractivity (Wildman–Crippen MR) is 101 cm³/mol. The monoisotopic (exact) mass is 397 g/mol. The molecule has 0 aromatic heterocycles. The van der Waals surface area contributed by atoms with Crippen LogP contribution in [0.4, 0.5) is 0 Å². The highest BCUT2D eigenvalue weighted by Crippen LogP contribution is 2.44. The smallest absolute Gasteiger partial charge is 0.336 e. The van der Waals surface area contributed by atoms with Crippen molar-refractivity contribution in [3.63, 3.8) is 0 Å². The SMILES string of the molecule is C=C1NC(C)=C(C(=O)OCC)C(c2ccc(Cl)cc2Cl)C1C(=O)OCC. The number of allylic oxidation sites excluding steroid dienone is 1. The lowest BCUT2D eigenvalue weighted by molar-refractivity contribution is -0.147. The quantitative estimate of drug-likeness (QED) is 0.753. The minimum Gasteiger partial charge on any atom is -0.465 e. The molecule has 1 heterocycles. The lowest BCUT2D eigenvalue weighted by Crippen LogP contribution is -2.39. The molecule has 1 aromatic carbocycles. The summed E-state index contributed by atoms with van der Waals surface area (Å²) in [5, 5.41) is 3.81. The Labute approximate surface area is 162 Å². The van der Waals surface area contributed by atoms with Crippen molar-refractivity contribution in [2.75, 3.05) is 13.2 Å². The summed E-state index contributed by atoms with van der Waals surface area (Å²) in [6.45, 7) is 9.53. The third-order valence-electron chi connectivity index (χ3n) is 4.11. The summed E-state index contributed by atoms with van der Waals surface area (Å²) in [7, 11) is 0. The van der Waals surface area contributed by atoms with E-state index in [0.29, 0.717) is 32.6 Å². The maximum absolute atomic E-state index is 12.6. The molecule has 0 fully saturated rings. The lowest BCUT2D eigenvalue weighted by atomic mass is 9.75. The first-order valence-electron chi connectivity index (χ1n) is 8.27. The van der Waals surface area contributed by atoms with Crippen LogP contribution in [0.15, 0.2) is 41.7 Å². The van der Waals surface area contributed by atoms with Crippen molar-refractivity contribution in [2.45, 2.75) is 26.7 Å². The summed E-state index contributed by atoms with van der Waals surface area (Å²) in [4.78, 5) is 25.3. The largest absolute Gasteiger partial charge is 0.465 e. The molecule has 1 aromatic rings. The Morgan fingerprint density at radius 3 is 2.42 bits per heavy atom. The van der Waals surface area contributed by atoms with Crippen molar-refractivity contribution in [1.29, 1.82) is 0 Å². The highest BCUT2D eigenvalue weighted by Gasteiger charge is 2.43. The molecule has 1 aliphatic heterocycles. The molecule has 140 valence electrons. The van der Waals surface area contributed by atoms with Crippen molar-refractivity contribution in [3.8, 4) is 0 Å². The summed E-state index contributed by atoms with van der Waals surface area (Å²) < 4.78 is 10.4. The van der Waals surface area contributed by atoms with Crippen LogP contribution in [0.1, 0.15) is 32.3 Å². The third kappa shape index (κ3) is 4.05. The molecule has 1 N–H and O–H groups in total. The Kier molecular flexibility index (Phi) is 6.73. The Morgan fingerprint density at radius 2 is 1.85 bits per heavy atom. The summed E-state index contributed by atoms with van der Waals surface area (Å²) >= 11 is 12.4. The molecule has 0 saturated heterocycles. The summed E-state index contributed by atoms with van der Waals surface area (Å²) in [6, 6.07) is 4.93. The van der Waals surface area contributed by atoms with E-state index < -0.39 is 23.8 Å². The van der Waals surface area contributed by atoms with Crippen LogP contribution in [0.25, 0.3) is 0 Å². The fourth-order valence-corrected chi connectivity index (χ4v) is 3.60. The average Bonchev–Trinajstić information content (AvgIpc) is 2.54. The maximum Gasteiger partial charge on any atom is 0.336 e. The van der Waals surface area contributed by atoms with Gasteiger partial charge in [0, 0.05) is 27.4 Å². The van der Waals surface area contributed by atoms with Gasteiger partial charge in [0.2, 0.25) is 0 Å². The number of hydrogen-bond acceptors (Lipinski definition) is 5. The molecule has 0 spiro atoms. The molecular formula is C19H21Cl2NO4. The molecule has 0 saturated carbocycles. The summed E-state index contributed by atoms with van der Waals surface area (Å²) in [5.74, 6) is -2.52. The fraction of sp³-hybridized carbons (Fsp3) is 0.368. The van der Waals surface area contributed by atoms with Gasteiger partial charge >= 0.3 is 11.9 Å². The Hall–Kier alpha value is -1.98. The number of carbonyl (C=O) groups excluding carboxylic acids is 2. The topological polar surface area (TPSA) is 64.6 Å². The van der Waals surface area contributed by atoms with Crippen molar-refractivity contribution >= 4 is 35.1 Å². The van der Waals surface area contributed by atoms with Gasteiger partial charge in [0.15, 0.2) is 0 Å². The van der Waals surface area contributed by atoms with Gasteiger partial charge in [-0.05, 0) is 38.5 Å². The Bertz CT molecular complexity index is 773. The van der Waals surface area contributed by atoms with Gasteiger partial charge in [0.05, 0.1) is 18.8 Å². The normalized spacial score (nSPS) is 19.8. The van der Waals surface area contributed by atoms with Gasteiger partial charge in [-0.3, -0.25) is 4.79 Å². The number of nitrogens with one attached hydrogen (secondary N) is 1. The van der Waals surface area contributed by atoms with Crippen LogP contribution < -0.4 is 5.32 Å². The first-order valence-corrected chi connectivity index (χ1v) is 9.02. The second-order valence-electron chi connectivity index (χ2n) is 5.78. The number of carbonyl (C=O) groups is 2. The lowest BCUT2D eigenvalue weighted by Gasteiger charge is -2.35. The van der Waals surface area contributed by atoms with Crippen molar-refractivity contribution < 1.29 is 19.1 Å². The Morgan fingerprint density at radius 1 is 1.19 bits per heavy atom. The zero-order valence-electron chi connectivity index (χ0n) is 14.9. The molecule has 7 heteroatoms. The van der Waals surface area contributed by atoms with Crippen LogP contribution in [-0.4, -0.2) is 25.2 Å². The number of esters is 2. The standard InChI is InChI=1S/C19H21Cl2NO4/c1-5-25-18(23)15-10(3)22-11(4)16(19(24)26-6-2)17(15)13-8-7-12(20)9-14(13)21/h7-9,15,17,22H,3,5-6H2,1-2,4H3.